The highest BCUT2D eigenvalue weighted by molar-refractivity contribution is 6.06. The van der Waals surface area contributed by atoms with Crippen molar-refractivity contribution in [1.29, 1.82) is 0 Å². The lowest BCUT2D eigenvalue weighted by Gasteiger charge is -2.35. The summed E-state index contributed by atoms with van der Waals surface area (Å²) in [6.07, 6.45) is 3.57. The summed E-state index contributed by atoms with van der Waals surface area (Å²) in [6.45, 7) is 4.95. The zero-order valence-corrected chi connectivity index (χ0v) is 16.9. The zero-order chi connectivity index (χ0) is 20.2. The van der Waals surface area contributed by atoms with Crippen molar-refractivity contribution >= 4 is 23.4 Å². The number of para-hydroxylation sites is 2. The van der Waals surface area contributed by atoms with Crippen molar-refractivity contribution in [2.75, 3.05) is 16.8 Å². The number of benzene rings is 3. The molecule has 0 fully saturated rings. The van der Waals surface area contributed by atoms with E-state index in [1.807, 2.05) is 53.4 Å². The Hall–Kier alpha value is -3.33. The van der Waals surface area contributed by atoms with E-state index in [-0.39, 0.29) is 11.9 Å². The number of nitrogens with zero attached hydrogens (tertiary/aromatic N) is 1. The van der Waals surface area contributed by atoms with E-state index in [4.69, 9.17) is 0 Å². The predicted molar refractivity (Wildman–Crippen MR) is 121 cm³/mol. The molecule has 0 aromatic heterocycles. The second-order valence-corrected chi connectivity index (χ2v) is 7.73. The Bertz CT molecular complexity index is 1010. The molecule has 0 saturated carbocycles. The van der Waals surface area contributed by atoms with Gasteiger partial charge in [-0.05, 0) is 40.8 Å². The van der Waals surface area contributed by atoms with E-state index in [1.54, 1.807) is 6.08 Å². The third kappa shape index (κ3) is 4.24. The molecule has 29 heavy (non-hydrogen) atoms. The first-order valence-electron chi connectivity index (χ1n) is 10.1. The van der Waals surface area contributed by atoms with Crippen molar-refractivity contribution in [2.45, 2.75) is 25.8 Å². The molecule has 0 spiro atoms. The first-order chi connectivity index (χ1) is 14.1. The van der Waals surface area contributed by atoms with Crippen LogP contribution >= 0.6 is 0 Å². The second-order valence-electron chi connectivity index (χ2n) is 7.73. The van der Waals surface area contributed by atoms with Crippen LogP contribution in [0.15, 0.2) is 84.9 Å². The minimum absolute atomic E-state index is 0.00665. The van der Waals surface area contributed by atoms with Crippen LogP contribution in [-0.2, 0) is 4.79 Å². The summed E-state index contributed by atoms with van der Waals surface area (Å²) in [5.41, 5.74) is 5.41. The summed E-state index contributed by atoms with van der Waals surface area (Å²) >= 11 is 0. The number of nitrogens with one attached hydrogen (secondary N) is 1. The topological polar surface area (TPSA) is 32.3 Å². The molecule has 3 nitrogen and oxygen atoms in total. The van der Waals surface area contributed by atoms with Crippen LogP contribution in [0.1, 0.15) is 42.5 Å². The number of carbonyl (C=O) groups excluding carboxylic acids is 1. The third-order valence-electron chi connectivity index (χ3n) is 5.38. The molecule has 1 N–H and O–H groups in total. The first kappa shape index (κ1) is 19.0. The maximum absolute atomic E-state index is 13.1. The summed E-state index contributed by atoms with van der Waals surface area (Å²) in [6, 6.07) is 26.7. The normalized spacial score (nSPS) is 16.0. The van der Waals surface area contributed by atoms with E-state index in [0.717, 1.165) is 16.9 Å². The maximum atomic E-state index is 13.1. The van der Waals surface area contributed by atoms with Crippen molar-refractivity contribution in [2.24, 2.45) is 0 Å². The average molecular weight is 383 g/mol. The Balaban J connectivity index is 1.57. The number of anilines is 2. The van der Waals surface area contributed by atoms with Gasteiger partial charge in [-0.2, -0.15) is 0 Å². The highest BCUT2D eigenvalue weighted by atomic mass is 16.2. The Morgan fingerprint density at radius 2 is 1.66 bits per heavy atom. The molecule has 4 rings (SSSR count). The van der Waals surface area contributed by atoms with Crippen LogP contribution < -0.4 is 10.2 Å². The molecule has 1 aliphatic heterocycles. The molecule has 0 aliphatic carbocycles. The number of fused-ring (bicyclic) bond motifs is 1. The molecule has 0 radical (unpaired) electrons. The van der Waals surface area contributed by atoms with Gasteiger partial charge < -0.3 is 10.2 Å². The average Bonchev–Trinajstić information content (AvgIpc) is 2.77. The SMILES string of the molecule is CC(C)c1ccc(/C=C/C(=O)N2CC(c3ccccc3)Nc3ccccc32)cc1. The van der Waals surface area contributed by atoms with Crippen LogP contribution in [0.5, 0.6) is 0 Å². The lowest BCUT2D eigenvalue weighted by Crippen LogP contribution is -2.39. The number of amides is 1. The third-order valence-corrected chi connectivity index (χ3v) is 5.38. The molecule has 3 heteroatoms. The Morgan fingerprint density at radius 3 is 2.38 bits per heavy atom. The molecular formula is C26H26N2O. The van der Waals surface area contributed by atoms with Gasteiger partial charge in [-0.15, -0.1) is 0 Å². The zero-order valence-electron chi connectivity index (χ0n) is 16.9. The molecule has 146 valence electrons. The van der Waals surface area contributed by atoms with E-state index in [0.29, 0.717) is 12.5 Å². The van der Waals surface area contributed by atoms with Gasteiger partial charge in [0.25, 0.3) is 5.91 Å². The molecule has 1 unspecified atom stereocenters. The molecule has 3 aromatic rings. The minimum atomic E-state index is -0.00665. The smallest absolute Gasteiger partial charge is 0.251 e. The monoisotopic (exact) mass is 382 g/mol. The van der Waals surface area contributed by atoms with Crippen LogP contribution in [0.25, 0.3) is 6.08 Å². The summed E-state index contributed by atoms with van der Waals surface area (Å²) in [4.78, 5) is 15.0. The van der Waals surface area contributed by atoms with Crippen LogP contribution in [0.3, 0.4) is 0 Å². The Kier molecular flexibility index (Phi) is 5.48. The van der Waals surface area contributed by atoms with E-state index in [2.05, 4.69) is 55.6 Å². The maximum Gasteiger partial charge on any atom is 0.251 e. The number of rotatable bonds is 4. The molecule has 1 aliphatic rings. The van der Waals surface area contributed by atoms with Gasteiger partial charge in [0.05, 0.1) is 24.0 Å². The minimum Gasteiger partial charge on any atom is -0.375 e. The number of carbonyl (C=O) groups is 1. The second kappa shape index (κ2) is 8.36. The molecular weight excluding hydrogens is 356 g/mol. The van der Waals surface area contributed by atoms with Crippen molar-refractivity contribution in [1.82, 2.24) is 0 Å². The molecule has 1 atom stereocenters. The summed E-state index contributed by atoms with van der Waals surface area (Å²) in [5, 5.41) is 3.57. The van der Waals surface area contributed by atoms with Gasteiger partial charge in [-0.3, -0.25) is 4.79 Å². The fourth-order valence-electron chi connectivity index (χ4n) is 3.68. The van der Waals surface area contributed by atoms with Gasteiger partial charge in [0.1, 0.15) is 0 Å². The Labute approximate surface area is 172 Å². The van der Waals surface area contributed by atoms with Crippen molar-refractivity contribution in [3.63, 3.8) is 0 Å². The largest absolute Gasteiger partial charge is 0.375 e. The molecule has 3 aromatic carbocycles. The van der Waals surface area contributed by atoms with Gasteiger partial charge in [0.15, 0.2) is 0 Å². The van der Waals surface area contributed by atoms with Crippen molar-refractivity contribution < 1.29 is 4.79 Å². The van der Waals surface area contributed by atoms with E-state index in [9.17, 15) is 4.79 Å². The van der Waals surface area contributed by atoms with Gasteiger partial charge in [-0.1, -0.05) is 80.6 Å². The van der Waals surface area contributed by atoms with Gasteiger partial charge >= 0.3 is 0 Å². The van der Waals surface area contributed by atoms with Gasteiger partial charge in [0, 0.05) is 6.08 Å². The van der Waals surface area contributed by atoms with E-state index in [1.165, 1.54) is 11.1 Å². The quantitative estimate of drug-likeness (QED) is 0.559. The molecule has 0 saturated heterocycles. The van der Waals surface area contributed by atoms with Crippen LogP contribution in [0.4, 0.5) is 11.4 Å². The van der Waals surface area contributed by atoms with E-state index >= 15 is 0 Å². The Morgan fingerprint density at radius 1 is 0.966 bits per heavy atom. The number of hydrogen-bond acceptors (Lipinski definition) is 2. The lowest BCUT2D eigenvalue weighted by atomic mass is 10.0. The fourth-order valence-corrected chi connectivity index (χ4v) is 3.68. The van der Waals surface area contributed by atoms with E-state index < -0.39 is 0 Å². The van der Waals surface area contributed by atoms with Crippen molar-refractivity contribution in [3.05, 3.63) is 102 Å². The van der Waals surface area contributed by atoms with Crippen LogP contribution in [0.2, 0.25) is 0 Å². The fraction of sp³-hybridized carbons (Fsp3) is 0.192. The number of hydrogen-bond donors (Lipinski definition) is 1. The highest BCUT2D eigenvalue weighted by Gasteiger charge is 2.27. The predicted octanol–water partition coefficient (Wildman–Crippen LogP) is 6.02. The standard InChI is InChI=1S/C26H26N2O/c1-19(2)21-15-12-20(13-16-21)14-17-26(29)28-18-24(22-8-4-3-5-9-22)27-23-10-6-7-11-25(23)28/h3-17,19,24,27H,18H2,1-2H3/b17-14+. The van der Waals surface area contributed by atoms with Crippen LogP contribution in [-0.4, -0.2) is 12.5 Å². The van der Waals surface area contributed by atoms with Gasteiger partial charge in [0.2, 0.25) is 0 Å². The van der Waals surface area contributed by atoms with Crippen LogP contribution in [0, 0.1) is 0 Å². The summed E-state index contributed by atoms with van der Waals surface area (Å²) < 4.78 is 0. The summed E-state index contributed by atoms with van der Waals surface area (Å²) in [7, 11) is 0. The molecule has 1 heterocycles. The van der Waals surface area contributed by atoms with Gasteiger partial charge in [-0.25, -0.2) is 0 Å². The molecule has 1 amide bonds. The van der Waals surface area contributed by atoms with Crippen molar-refractivity contribution in [3.8, 4) is 0 Å². The first-order valence-corrected chi connectivity index (χ1v) is 10.1. The lowest BCUT2D eigenvalue weighted by molar-refractivity contribution is -0.114. The molecule has 0 bridgehead atoms. The highest BCUT2D eigenvalue weighted by Crippen LogP contribution is 2.35. The summed E-state index contributed by atoms with van der Waals surface area (Å²) in [5.74, 6) is 0.495.